The predicted octanol–water partition coefficient (Wildman–Crippen LogP) is 4.41. The minimum Gasteiger partial charge on any atom is -0.382 e. The van der Waals surface area contributed by atoms with E-state index in [1.165, 1.54) is 24.3 Å². The van der Waals surface area contributed by atoms with Crippen LogP contribution < -0.4 is 10.6 Å². The van der Waals surface area contributed by atoms with Crippen molar-refractivity contribution in [3.8, 4) is 0 Å². The van der Waals surface area contributed by atoms with Crippen molar-refractivity contribution in [2.24, 2.45) is 0 Å². The summed E-state index contributed by atoms with van der Waals surface area (Å²) in [5, 5.41) is 5.50. The Morgan fingerprint density at radius 3 is 2.50 bits per heavy atom. The number of amides is 2. The Hall–Kier alpha value is -2.45. The van der Waals surface area contributed by atoms with Crippen LogP contribution in [0.5, 0.6) is 0 Å². The molecule has 0 aromatic heterocycles. The monoisotopic (exact) mass is 408 g/mol. The average Bonchev–Trinajstić information content (AvgIpc) is 2.68. The van der Waals surface area contributed by atoms with Crippen molar-refractivity contribution in [3.63, 3.8) is 0 Å². The number of rotatable bonds is 10. The highest BCUT2D eigenvalue weighted by atomic mass is 32.2. The molecule has 8 heteroatoms. The van der Waals surface area contributed by atoms with Gasteiger partial charge in [-0.05, 0) is 55.8 Å². The number of anilines is 1. The summed E-state index contributed by atoms with van der Waals surface area (Å²) in [6, 6.07) is 12.5. The molecule has 0 radical (unpaired) electrons. The molecule has 0 spiro atoms. The molecule has 0 heterocycles. The Labute approximate surface area is 166 Å². The smallest absolute Gasteiger partial charge is 0.288 e. The zero-order chi connectivity index (χ0) is 20.4. The fourth-order valence-corrected chi connectivity index (χ4v) is 2.85. The highest BCUT2D eigenvalue weighted by Gasteiger charge is 2.10. The second-order valence-corrected chi connectivity index (χ2v) is 6.81. The van der Waals surface area contributed by atoms with Gasteiger partial charge in [-0.2, -0.15) is 8.78 Å². The van der Waals surface area contributed by atoms with Gasteiger partial charge in [0.15, 0.2) is 0 Å². The largest absolute Gasteiger partial charge is 0.382 e. The van der Waals surface area contributed by atoms with Crippen molar-refractivity contribution in [3.05, 3.63) is 59.7 Å². The number of hydrogen-bond donors (Lipinski definition) is 2. The summed E-state index contributed by atoms with van der Waals surface area (Å²) >= 11 is 0.421. The molecule has 2 N–H and O–H groups in total. The number of thioether (sulfide) groups is 1. The predicted molar refractivity (Wildman–Crippen MR) is 106 cm³/mol. The van der Waals surface area contributed by atoms with Gasteiger partial charge in [-0.15, -0.1) is 0 Å². The van der Waals surface area contributed by atoms with Crippen molar-refractivity contribution in [1.29, 1.82) is 0 Å². The number of benzene rings is 2. The molecule has 0 saturated heterocycles. The lowest BCUT2D eigenvalue weighted by Gasteiger charge is -2.09. The van der Waals surface area contributed by atoms with Crippen LogP contribution in [0.25, 0.3) is 0 Å². The van der Waals surface area contributed by atoms with Crippen molar-refractivity contribution in [1.82, 2.24) is 5.32 Å². The van der Waals surface area contributed by atoms with Crippen molar-refractivity contribution in [2.75, 3.05) is 25.1 Å². The lowest BCUT2D eigenvalue weighted by Crippen LogP contribution is -2.25. The molecule has 0 fully saturated rings. The first-order valence-electron chi connectivity index (χ1n) is 8.82. The molecule has 0 aliphatic heterocycles. The molecule has 0 aliphatic rings. The standard InChI is InChI=1S/C20H22F2N2O3S/c1-2-27-12-4-11-23-18(25)15-5-3-6-16(13-15)24-19(26)14-7-9-17(10-8-14)28-20(21)22/h3,5-10,13,20H,2,4,11-12H2,1H3,(H,23,25)(H,24,26). The van der Waals surface area contributed by atoms with E-state index in [9.17, 15) is 18.4 Å². The summed E-state index contributed by atoms with van der Waals surface area (Å²) < 4.78 is 29.9. The molecular formula is C20H22F2N2O3S. The molecule has 0 unspecified atom stereocenters. The van der Waals surface area contributed by atoms with Gasteiger partial charge in [0.1, 0.15) is 0 Å². The van der Waals surface area contributed by atoms with Crippen LogP contribution >= 0.6 is 11.8 Å². The lowest BCUT2D eigenvalue weighted by molar-refractivity contribution is 0.0943. The van der Waals surface area contributed by atoms with Crippen LogP contribution in [-0.2, 0) is 4.74 Å². The zero-order valence-electron chi connectivity index (χ0n) is 15.4. The first-order valence-corrected chi connectivity index (χ1v) is 9.69. The summed E-state index contributed by atoms with van der Waals surface area (Å²) in [6.45, 7) is 3.64. The number of hydrogen-bond acceptors (Lipinski definition) is 4. The summed E-state index contributed by atoms with van der Waals surface area (Å²) in [5.74, 6) is -3.13. The van der Waals surface area contributed by atoms with E-state index < -0.39 is 5.76 Å². The number of carbonyl (C=O) groups excluding carboxylic acids is 2. The summed E-state index contributed by atoms with van der Waals surface area (Å²) in [4.78, 5) is 24.9. The Morgan fingerprint density at radius 1 is 1.07 bits per heavy atom. The number of carbonyl (C=O) groups is 2. The fourth-order valence-electron chi connectivity index (χ4n) is 2.35. The van der Waals surface area contributed by atoms with Crippen molar-refractivity contribution >= 4 is 29.3 Å². The van der Waals surface area contributed by atoms with Crippen LogP contribution in [0.2, 0.25) is 0 Å². The van der Waals surface area contributed by atoms with E-state index in [1.807, 2.05) is 6.92 Å². The van der Waals surface area contributed by atoms with E-state index in [-0.39, 0.29) is 11.8 Å². The second kappa shape index (κ2) is 11.4. The van der Waals surface area contributed by atoms with Crippen LogP contribution in [0, 0.1) is 0 Å². The molecule has 2 amide bonds. The van der Waals surface area contributed by atoms with E-state index in [0.29, 0.717) is 53.2 Å². The molecule has 150 valence electrons. The first-order chi connectivity index (χ1) is 13.5. The number of ether oxygens (including phenoxy) is 1. The van der Waals surface area contributed by atoms with Crippen LogP contribution in [-0.4, -0.2) is 37.3 Å². The second-order valence-electron chi connectivity index (χ2n) is 5.74. The number of alkyl halides is 2. The molecule has 2 rings (SSSR count). The summed E-state index contributed by atoms with van der Waals surface area (Å²) in [5.41, 5.74) is 1.24. The lowest BCUT2D eigenvalue weighted by atomic mass is 10.1. The Kier molecular flexibility index (Phi) is 8.90. The van der Waals surface area contributed by atoms with Gasteiger partial charge in [0, 0.05) is 41.5 Å². The highest BCUT2D eigenvalue weighted by Crippen LogP contribution is 2.25. The van der Waals surface area contributed by atoms with Crippen molar-refractivity contribution < 1.29 is 23.1 Å². The van der Waals surface area contributed by atoms with Gasteiger partial charge in [-0.25, -0.2) is 0 Å². The van der Waals surface area contributed by atoms with Crippen LogP contribution in [0.15, 0.2) is 53.4 Å². The van der Waals surface area contributed by atoms with Crippen molar-refractivity contribution in [2.45, 2.75) is 24.0 Å². The maximum absolute atomic E-state index is 12.3. The maximum Gasteiger partial charge on any atom is 0.288 e. The SMILES string of the molecule is CCOCCCNC(=O)c1cccc(NC(=O)c2ccc(SC(F)F)cc2)c1. The molecule has 2 aromatic rings. The van der Waals surface area contributed by atoms with Gasteiger partial charge < -0.3 is 15.4 Å². The molecule has 2 aromatic carbocycles. The Bertz CT molecular complexity index is 785. The Balaban J connectivity index is 1.92. The number of nitrogens with one attached hydrogen (secondary N) is 2. The fraction of sp³-hybridized carbons (Fsp3) is 0.300. The first kappa shape index (κ1) is 21.8. The quantitative estimate of drug-likeness (QED) is 0.451. The third-order valence-corrected chi connectivity index (χ3v) is 4.40. The molecule has 0 saturated carbocycles. The van der Waals surface area contributed by atoms with Gasteiger partial charge in [0.25, 0.3) is 17.6 Å². The van der Waals surface area contributed by atoms with Gasteiger partial charge in [0.2, 0.25) is 0 Å². The molecule has 0 bridgehead atoms. The van der Waals surface area contributed by atoms with Crippen LogP contribution in [0.1, 0.15) is 34.1 Å². The van der Waals surface area contributed by atoms with Gasteiger partial charge in [-0.3, -0.25) is 9.59 Å². The van der Waals surface area contributed by atoms with E-state index >= 15 is 0 Å². The maximum atomic E-state index is 12.3. The third-order valence-electron chi connectivity index (χ3n) is 3.68. The van der Waals surface area contributed by atoms with Gasteiger partial charge >= 0.3 is 0 Å². The van der Waals surface area contributed by atoms with Crippen LogP contribution in [0.4, 0.5) is 14.5 Å². The minimum absolute atomic E-state index is 0.235. The topological polar surface area (TPSA) is 67.4 Å². The summed E-state index contributed by atoms with van der Waals surface area (Å²) in [7, 11) is 0. The van der Waals surface area contributed by atoms with E-state index in [4.69, 9.17) is 4.74 Å². The normalized spacial score (nSPS) is 10.7. The molecule has 0 atom stereocenters. The van der Waals surface area contributed by atoms with E-state index in [0.717, 1.165) is 6.42 Å². The minimum atomic E-state index is -2.51. The molecule has 28 heavy (non-hydrogen) atoms. The summed E-state index contributed by atoms with van der Waals surface area (Å²) in [6.07, 6.45) is 0.718. The van der Waals surface area contributed by atoms with Gasteiger partial charge in [0.05, 0.1) is 0 Å². The van der Waals surface area contributed by atoms with Crippen LogP contribution in [0.3, 0.4) is 0 Å². The Morgan fingerprint density at radius 2 is 1.82 bits per heavy atom. The molecular weight excluding hydrogens is 386 g/mol. The zero-order valence-corrected chi connectivity index (χ0v) is 16.2. The average molecular weight is 408 g/mol. The van der Waals surface area contributed by atoms with E-state index in [2.05, 4.69) is 10.6 Å². The van der Waals surface area contributed by atoms with Gasteiger partial charge in [-0.1, -0.05) is 17.8 Å². The third kappa shape index (κ3) is 7.28. The molecule has 0 aliphatic carbocycles. The molecule has 5 nitrogen and oxygen atoms in total. The number of halogens is 2. The highest BCUT2D eigenvalue weighted by molar-refractivity contribution is 7.99. The van der Waals surface area contributed by atoms with E-state index in [1.54, 1.807) is 24.3 Å².